The van der Waals surface area contributed by atoms with Gasteiger partial charge in [-0.2, -0.15) is 0 Å². The molecule has 1 aromatic rings. The Kier molecular flexibility index (Phi) is 5.11. The molecule has 4 rings (SSSR count). The van der Waals surface area contributed by atoms with Crippen molar-refractivity contribution in [2.24, 2.45) is 35.5 Å². The average molecular weight is 386 g/mol. The molecule has 5 heteroatoms. The average Bonchev–Trinajstić information content (AvgIpc) is 3.20. The fraction of sp³-hybridized carbons (Fsp3) is 0.652. The van der Waals surface area contributed by atoms with Crippen molar-refractivity contribution in [2.45, 2.75) is 46.0 Å². The second kappa shape index (κ2) is 7.41. The van der Waals surface area contributed by atoms with Crippen molar-refractivity contribution in [2.75, 3.05) is 19.1 Å². The van der Waals surface area contributed by atoms with Crippen LogP contribution in [0.2, 0.25) is 0 Å². The summed E-state index contributed by atoms with van der Waals surface area (Å²) >= 11 is 0. The molecule has 5 nitrogen and oxygen atoms in total. The van der Waals surface area contributed by atoms with E-state index in [2.05, 4.69) is 13.8 Å². The molecule has 0 N–H and O–H groups in total. The standard InChI is InChI=1S/C23H31NO4/c1-5-13-9-14(6-2)17-12-19-18(11-16(13)17)22(25)24(23(19)26)20-8-7-15(27-3)10-21(20)28-4/h7-8,10,13-14,16-19H,5-6,9,11-12H2,1-4H3. The molecular formula is C23H31NO4. The number of hydrogen-bond donors (Lipinski definition) is 0. The third-order valence-electron chi connectivity index (χ3n) is 7.66. The molecule has 6 unspecified atom stereocenters. The highest BCUT2D eigenvalue weighted by Crippen LogP contribution is 2.56. The molecule has 1 aromatic carbocycles. The number of carbonyl (C=O) groups is 2. The van der Waals surface area contributed by atoms with Crippen LogP contribution < -0.4 is 14.4 Å². The van der Waals surface area contributed by atoms with E-state index in [1.165, 1.54) is 24.2 Å². The Morgan fingerprint density at radius 1 is 0.893 bits per heavy atom. The lowest BCUT2D eigenvalue weighted by atomic mass is 9.66. The van der Waals surface area contributed by atoms with Crippen molar-refractivity contribution in [3.63, 3.8) is 0 Å². The van der Waals surface area contributed by atoms with Crippen molar-refractivity contribution in [1.82, 2.24) is 0 Å². The summed E-state index contributed by atoms with van der Waals surface area (Å²) in [7, 11) is 3.14. The molecular weight excluding hydrogens is 354 g/mol. The summed E-state index contributed by atoms with van der Waals surface area (Å²) in [6.45, 7) is 4.53. The molecule has 3 fully saturated rings. The van der Waals surface area contributed by atoms with Crippen LogP contribution >= 0.6 is 0 Å². The lowest BCUT2D eigenvalue weighted by Gasteiger charge is -2.36. The molecule has 3 aliphatic rings. The molecule has 2 amide bonds. The normalized spacial score (nSPS) is 34.4. The third kappa shape index (κ3) is 2.82. The first kappa shape index (κ1) is 19.3. The minimum atomic E-state index is -0.176. The Hall–Kier alpha value is -2.04. The van der Waals surface area contributed by atoms with E-state index in [0.717, 1.165) is 12.8 Å². The molecule has 1 aliphatic heterocycles. The second-order valence-electron chi connectivity index (χ2n) is 8.63. The number of fused-ring (bicyclic) bond motifs is 2. The maximum absolute atomic E-state index is 13.3. The molecule has 2 aliphatic carbocycles. The Morgan fingerprint density at radius 2 is 1.46 bits per heavy atom. The van der Waals surface area contributed by atoms with Crippen LogP contribution in [-0.2, 0) is 9.59 Å². The molecule has 2 saturated carbocycles. The molecule has 0 radical (unpaired) electrons. The first-order valence-electron chi connectivity index (χ1n) is 10.6. The van der Waals surface area contributed by atoms with Crippen LogP contribution in [-0.4, -0.2) is 26.0 Å². The zero-order valence-electron chi connectivity index (χ0n) is 17.3. The molecule has 0 aromatic heterocycles. The minimum absolute atomic E-state index is 0.0493. The number of methoxy groups -OCH3 is 2. The van der Waals surface area contributed by atoms with E-state index in [1.807, 2.05) is 0 Å². The Balaban J connectivity index is 1.65. The fourth-order valence-corrected chi connectivity index (χ4v) is 6.22. The van der Waals surface area contributed by atoms with Crippen LogP contribution in [0, 0.1) is 35.5 Å². The Labute approximate surface area is 167 Å². The number of benzene rings is 1. The maximum Gasteiger partial charge on any atom is 0.237 e. The summed E-state index contributed by atoms with van der Waals surface area (Å²) in [6, 6.07) is 5.26. The number of rotatable bonds is 5. The molecule has 152 valence electrons. The summed E-state index contributed by atoms with van der Waals surface area (Å²) in [5, 5.41) is 0. The molecule has 1 heterocycles. The van der Waals surface area contributed by atoms with E-state index in [9.17, 15) is 9.59 Å². The molecule has 0 spiro atoms. The van der Waals surface area contributed by atoms with Gasteiger partial charge in [0.05, 0.1) is 31.7 Å². The Morgan fingerprint density at radius 3 is 1.93 bits per heavy atom. The first-order chi connectivity index (χ1) is 13.5. The highest BCUT2D eigenvalue weighted by Gasteiger charge is 2.57. The van der Waals surface area contributed by atoms with E-state index in [1.54, 1.807) is 32.4 Å². The van der Waals surface area contributed by atoms with Crippen LogP contribution in [0.3, 0.4) is 0 Å². The smallest absolute Gasteiger partial charge is 0.237 e. The predicted molar refractivity (Wildman–Crippen MR) is 107 cm³/mol. The highest BCUT2D eigenvalue weighted by atomic mass is 16.5. The van der Waals surface area contributed by atoms with Gasteiger partial charge in [0.1, 0.15) is 11.5 Å². The summed E-state index contributed by atoms with van der Waals surface area (Å²) in [6.07, 6.45) is 5.34. The quantitative estimate of drug-likeness (QED) is 0.710. The topological polar surface area (TPSA) is 55.8 Å². The van der Waals surface area contributed by atoms with Crippen LogP contribution in [0.25, 0.3) is 0 Å². The van der Waals surface area contributed by atoms with Crippen molar-refractivity contribution < 1.29 is 19.1 Å². The van der Waals surface area contributed by atoms with Gasteiger partial charge < -0.3 is 9.47 Å². The summed E-state index contributed by atoms with van der Waals surface area (Å²) in [5.41, 5.74) is 0.539. The molecule has 0 bridgehead atoms. The van der Waals surface area contributed by atoms with Crippen molar-refractivity contribution in [3.8, 4) is 11.5 Å². The number of carbonyl (C=O) groups excluding carboxylic acids is 2. The number of ether oxygens (including phenoxy) is 2. The zero-order valence-corrected chi connectivity index (χ0v) is 17.3. The minimum Gasteiger partial charge on any atom is -0.497 e. The van der Waals surface area contributed by atoms with Gasteiger partial charge in [-0.25, -0.2) is 4.90 Å². The van der Waals surface area contributed by atoms with Crippen LogP contribution in [0.1, 0.15) is 46.0 Å². The van der Waals surface area contributed by atoms with Crippen molar-refractivity contribution in [3.05, 3.63) is 18.2 Å². The number of hydrogen-bond acceptors (Lipinski definition) is 4. The summed E-state index contributed by atoms with van der Waals surface area (Å²) in [5.74, 6) is 3.26. The van der Waals surface area contributed by atoms with Gasteiger partial charge >= 0.3 is 0 Å². The van der Waals surface area contributed by atoms with Crippen molar-refractivity contribution in [1.29, 1.82) is 0 Å². The van der Waals surface area contributed by atoms with Gasteiger partial charge in [-0.1, -0.05) is 26.7 Å². The van der Waals surface area contributed by atoms with E-state index >= 15 is 0 Å². The highest BCUT2D eigenvalue weighted by molar-refractivity contribution is 6.22. The SMILES string of the molecule is CCC1CC(CC)C2CC3C(=O)N(c4ccc(OC)cc4OC)C(=O)C3CC12. The Bertz CT molecular complexity index is 740. The second-order valence-corrected chi connectivity index (χ2v) is 8.63. The number of imide groups is 1. The van der Waals surface area contributed by atoms with Crippen LogP contribution in [0.15, 0.2) is 18.2 Å². The van der Waals surface area contributed by atoms with E-state index < -0.39 is 0 Å². The zero-order chi connectivity index (χ0) is 20.0. The summed E-state index contributed by atoms with van der Waals surface area (Å²) in [4.78, 5) is 28.0. The largest absolute Gasteiger partial charge is 0.497 e. The van der Waals surface area contributed by atoms with E-state index in [4.69, 9.17) is 9.47 Å². The van der Waals surface area contributed by atoms with Gasteiger partial charge in [-0.05, 0) is 55.1 Å². The van der Waals surface area contributed by atoms with E-state index in [-0.39, 0.29) is 23.7 Å². The van der Waals surface area contributed by atoms with Crippen LogP contribution in [0.5, 0.6) is 11.5 Å². The number of nitrogens with zero attached hydrogens (tertiary/aromatic N) is 1. The van der Waals surface area contributed by atoms with Crippen LogP contribution in [0.4, 0.5) is 5.69 Å². The molecule has 28 heavy (non-hydrogen) atoms. The van der Waals surface area contributed by atoms with Gasteiger partial charge in [0.15, 0.2) is 0 Å². The summed E-state index contributed by atoms with van der Waals surface area (Å²) < 4.78 is 10.7. The number of anilines is 1. The van der Waals surface area contributed by atoms with Gasteiger partial charge in [0, 0.05) is 6.07 Å². The lowest BCUT2D eigenvalue weighted by Crippen LogP contribution is -2.34. The first-order valence-corrected chi connectivity index (χ1v) is 10.6. The molecule has 6 atom stereocenters. The number of amides is 2. The van der Waals surface area contributed by atoms with E-state index in [0.29, 0.717) is 40.9 Å². The van der Waals surface area contributed by atoms with Gasteiger partial charge in [0.25, 0.3) is 0 Å². The maximum atomic E-state index is 13.3. The fourth-order valence-electron chi connectivity index (χ4n) is 6.22. The van der Waals surface area contributed by atoms with Crippen molar-refractivity contribution >= 4 is 17.5 Å². The monoisotopic (exact) mass is 385 g/mol. The van der Waals surface area contributed by atoms with Gasteiger partial charge in [-0.15, -0.1) is 0 Å². The molecule has 1 saturated heterocycles. The van der Waals surface area contributed by atoms with Gasteiger partial charge in [0.2, 0.25) is 11.8 Å². The van der Waals surface area contributed by atoms with Gasteiger partial charge in [-0.3, -0.25) is 9.59 Å². The lowest BCUT2D eigenvalue weighted by molar-refractivity contribution is -0.123. The third-order valence-corrected chi connectivity index (χ3v) is 7.66. The predicted octanol–water partition coefficient (Wildman–Crippen LogP) is 4.29.